The molecule has 0 N–H and O–H groups in total. The topological polar surface area (TPSA) is 38.8 Å². The Morgan fingerprint density at radius 1 is 1.07 bits per heavy atom. The molecule has 28 heavy (non-hydrogen) atoms. The number of ether oxygens (including phenoxy) is 2. The Balaban J connectivity index is 1.42. The highest BCUT2D eigenvalue weighted by atomic mass is 35.5. The van der Waals surface area contributed by atoms with Gasteiger partial charge in [-0.2, -0.15) is 0 Å². The van der Waals surface area contributed by atoms with E-state index in [9.17, 15) is 4.79 Å². The SMILES string of the molecule is CN(CCc1cccc2ccccc12)C(=O)Cc1cc(Cl)c2c(c1)OCCO2. The van der Waals surface area contributed by atoms with Gasteiger partial charge in [-0.05, 0) is 40.5 Å². The summed E-state index contributed by atoms with van der Waals surface area (Å²) in [5, 5.41) is 2.95. The predicted molar refractivity (Wildman–Crippen MR) is 111 cm³/mol. The summed E-state index contributed by atoms with van der Waals surface area (Å²) in [5.74, 6) is 1.22. The van der Waals surface area contributed by atoms with Crippen LogP contribution in [0.3, 0.4) is 0 Å². The zero-order valence-corrected chi connectivity index (χ0v) is 16.5. The van der Waals surface area contributed by atoms with Crippen LogP contribution < -0.4 is 9.47 Å². The Bertz CT molecular complexity index is 1010. The van der Waals surface area contributed by atoms with Gasteiger partial charge in [-0.15, -0.1) is 0 Å². The van der Waals surface area contributed by atoms with Crippen LogP contribution in [0.4, 0.5) is 0 Å². The van der Waals surface area contributed by atoms with E-state index in [0.29, 0.717) is 36.3 Å². The molecule has 0 saturated carbocycles. The number of likely N-dealkylation sites (N-methyl/N-ethyl adjacent to an activating group) is 1. The lowest BCUT2D eigenvalue weighted by Crippen LogP contribution is -2.30. The van der Waals surface area contributed by atoms with Crippen molar-refractivity contribution in [3.8, 4) is 11.5 Å². The third kappa shape index (κ3) is 3.92. The average Bonchev–Trinajstić information content (AvgIpc) is 2.72. The molecule has 0 spiro atoms. The van der Waals surface area contributed by atoms with E-state index in [1.54, 1.807) is 11.0 Å². The maximum atomic E-state index is 12.7. The zero-order chi connectivity index (χ0) is 19.5. The number of halogens is 1. The van der Waals surface area contributed by atoms with Crippen molar-refractivity contribution >= 4 is 28.3 Å². The van der Waals surface area contributed by atoms with Crippen LogP contribution in [0.5, 0.6) is 11.5 Å². The molecule has 1 aliphatic rings. The van der Waals surface area contributed by atoms with E-state index >= 15 is 0 Å². The quantitative estimate of drug-likeness (QED) is 0.638. The molecule has 0 radical (unpaired) electrons. The third-order valence-electron chi connectivity index (χ3n) is 5.03. The van der Waals surface area contributed by atoms with Crippen molar-refractivity contribution in [3.05, 3.63) is 70.7 Å². The summed E-state index contributed by atoms with van der Waals surface area (Å²) in [7, 11) is 1.84. The molecule has 0 unspecified atom stereocenters. The van der Waals surface area contributed by atoms with Crippen molar-refractivity contribution in [2.45, 2.75) is 12.8 Å². The minimum Gasteiger partial charge on any atom is -0.486 e. The molecule has 0 aromatic heterocycles. The monoisotopic (exact) mass is 395 g/mol. The van der Waals surface area contributed by atoms with Gasteiger partial charge < -0.3 is 14.4 Å². The molecule has 0 bridgehead atoms. The van der Waals surface area contributed by atoms with Crippen LogP contribution in [-0.4, -0.2) is 37.6 Å². The van der Waals surface area contributed by atoms with E-state index in [0.717, 1.165) is 12.0 Å². The second kappa shape index (κ2) is 8.11. The minimum absolute atomic E-state index is 0.0491. The third-order valence-corrected chi connectivity index (χ3v) is 5.31. The van der Waals surface area contributed by atoms with Crippen LogP contribution in [0.2, 0.25) is 5.02 Å². The molecule has 144 valence electrons. The number of hydrogen-bond donors (Lipinski definition) is 0. The fourth-order valence-electron chi connectivity index (χ4n) is 3.50. The van der Waals surface area contributed by atoms with E-state index in [1.807, 2.05) is 25.2 Å². The smallest absolute Gasteiger partial charge is 0.226 e. The first-order chi connectivity index (χ1) is 13.6. The van der Waals surface area contributed by atoms with Crippen LogP contribution in [0.1, 0.15) is 11.1 Å². The van der Waals surface area contributed by atoms with E-state index in [2.05, 4.69) is 30.3 Å². The fourth-order valence-corrected chi connectivity index (χ4v) is 3.79. The summed E-state index contributed by atoms with van der Waals surface area (Å²) in [5.41, 5.74) is 2.08. The van der Waals surface area contributed by atoms with Crippen LogP contribution in [0, 0.1) is 0 Å². The van der Waals surface area contributed by atoms with Crippen LogP contribution in [0.25, 0.3) is 10.8 Å². The summed E-state index contributed by atoms with van der Waals surface area (Å²) < 4.78 is 11.1. The number of nitrogens with zero attached hydrogens (tertiary/aromatic N) is 1. The minimum atomic E-state index is 0.0491. The molecule has 1 aliphatic heterocycles. The maximum absolute atomic E-state index is 12.7. The van der Waals surface area contributed by atoms with Crippen LogP contribution in [-0.2, 0) is 17.6 Å². The first-order valence-electron chi connectivity index (χ1n) is 9.40. The van der Waals surface area contributed by atoms with Gasteiger partial charge in [-0.1, -0.05) is 54.1 Å². The van der Waals surface area contributed by atoms with E-state index < -0.39 is 0 Å². The van der Waals surface area contributed by atoms with Crippen LogP contribution in [0.15, 0.2) is 54.6 Å². The molecule has 5 heteroatoms. The highest BCUT2D eigenvalue weighted by Gasteiger charge is 2.18. The summed E-state index contributed by atoms with van der Waals surface area (Å²) in [6.45, 7) is 1.64. The van der Waals surface area contributed by atoms with Crippen molar-refractivity contribution in [1.29, 1.82) is 0 Å². The molecular formula is C23H22ClNO3. The molecule has 3 aromatic carbocycles. The molecule has 1 amide bonds. The molecule has 0 atom stereocenters. The summed E-state index contributed by atoms with van der Waals surface area (Å²) in [6, 6.07) is 18.3. The van der Waals surface area contributed by atoms with Gasteiger partial charge in [0.25, 0.3) is 0 Å². The Morgan fingerprint density at radius 2 is 1.86 bits per heavy atom. The molecular weight excluding hydrogens is 374 g/mol. The number of fused-ring (bicyclic) bond motifs is 2. The Labute approximate surface area is 169 Å². The van der Waals surface area contributed by atoms with Gasteiger partial charge in [-0.3, -0.25) is 4.79 Å². The van der Waals surface area contributed by atoms with Gasteiger partial charge in [0.1, 0.15) is 13.2 Å². The van der Waals surface area contributed by atoms with Gasteiger partial charge in [0.05, 0.1) is 11.4 Å². The Morgan fingerprint density at radius 3 is 2.75 bits per heavy atom. The van der Waals surface area contributed by atoms with Crippen LogP contribution >= 0.6 is 11.6 Å². The first-order valence-corrected chi connectivity index (χ1v) is 9.78. The summed E-state index contributed by atoms with van der Waals surface area (Å²) >= 11 is 6.28. The van der Waals surface area contributed by atoms with Gasteiger partial charge in [0, 0.05) is 13.6 Å². The second-order valence-corrected chi connectivity index (χ2v) is 7.39. The van der Waals surface area contributed by atoms with Gasteiger partial charge in [0.2, 0.25) is 5.91 Å². The highest BCUT2D eigenvalue weighted by molar-refractivity contribution is 6.32. The van der Waals surface area contributed by atoms with Crippen molar-refractivity contribution < 1.29 is 14.3 Å². The van der Waals surface area contributed by atoms with E-state index in [1.165, 1.54) is 16.3 Å². The number of rotatable bonds is 5. The number of benzene rings is 3. The molecule has 0 fully saturated rings. The summed E-state index contributed by atoms with van der Waals surface area (Å²) in [4.78, 5) is 14.5. The maximum Gasteiger partial charge on any atom is 0.226 e. The predicted octanol–water partition coefficient (Wildman–Crippen LogP) is 4.51. The molecule has 4 rings (SSSR count). The van der Waals surface area contributed by atoms with Crippen molar-refractivity contribution in [3.63, 3.8) is 0 Å². The number of hydrogen-bond acceptors (Lipinski definition) is 3. The normalized spacial score (nSPS) is 12.8. The Kier molecular flexibility index (Phi) is 5.40. The number of amides is 1. The van der Waals surface area contributed by atoms with Gasteiger partial charge >= 0.3 is 0 Å². The highest BCUT2D eigenvalue weighted by Crippen LogP contribution is 2.38. The van der Waals surface area contributed by atoms with Crippen molar-refractivity contribution in [2.24, 2.45) is 0 Å². The van der Waals surface area contributed by atoms with E-state index in [-0.39, 0.29) is 12.3 Å². The fraction of sp³-hybridized carbons (Fsp3) is 0.261. The molecule has 3 aromatic rings. The first kappa shape index (κ1) is 18.6. The Hall–Kier alpha value is -2.72. The lowest BCUT2D eigenvalue weighted by atomic mass is 10.0. The molecule has 1 heterocycles. The van der Waals surface area contributed by atoms with Crippen molar-refractivity contribution in [1.82, 2.24) is 4.90 Å². The average molecular weight is 396 g/mol. The van der Waals surface area contributed by atoms with E-state index in [4.69, 9.17) is 21.1 Å². The largest absolute Gasteiger partial charge is 0.486 e. The summed E-state index contributed by atoms with van der Waals surface area (Å²) in [6.07, 6.45) is 1.09. The zero-order valence-electron chi connectivity index (χ0n) is 15.8. The second-order valence-electron chi connectivity index (χ2n) is 6.98. The van der Waals surface area contributed by atoms with Crippen molar-refractivity contribution in [2.75, 3.05) is 26.8 Å². The molecule has 4 nitrogen and oxygen atoms in total. The lowest BCUT2D eigenvalue weighted by Gasteiger charge is -2.21. The molecule has 0 saturated heterocycles. The lowest BCUT2D eigenvalue weighted by molar-refractivity contribution is -0.129. The van der Waals surface area contributed by atoms with Gasteiger partial charge in [-0.25, -0.2) is 0 Å². The standard InChI is InChI=1S/C23H22ClNO3/c1-25(10-9-18-7-4-6-17-5-2-3-8-19(17)18)22(26)15-16-13-20(24)23-21(14-16)27-11-12-28-23/h2-8,13-14H,9-12,15H2,1H3. The van der Waals surface area contributed by atoms with Gasteiger partial charge in [0.15, 0.2) is 11.5 Å². The number of carbonyl (C=O) groups is 1. The molecule has 0 aliphatic carbocycles. The number of carbonyl (C=O) groups excluding carboxylic acids is 1.